The number of hydrogen-bond acceptors (Lipinski definition) is 9. The molecule has 6 radical (unpaired) electrons. The van der Waals surface area contributed by atoms with E-state index in [1.165, 1.54) is 31.1 Å². The Balaban J connectivity index is 1.50. The van der Waals surface area contributed by atoms with Crippen molar-refractivity contribution in [2.75, 3.05) is 32.6 Å². The Kier molecular flexibility index (Phi) is 8.73. The number of nitrogens with one attached hydrogen (secondary N) is 3. The predicted octanol–water partition coefficient (Wildman–Crippen LogP) is 1.41. The standard InChI is InChI=1S/C24H26B3N7O3S/c1-34-12-4-5-14(34)8-10-28-21(35)18-13-29-23(38-18)15-6-3-7-17(20(15)37-2)31-16-9-11-30-33-19(16)22(36)32-24(25,26)27/h3,6-7,9,11,13-14H,4-5,8,10,12H2,1-2H3,(H,28,35)(H,30,31)(H,32,36). The first-order valence-electron chi connectivity index (χ1n) is 12.1. The molecule has 1 aliphatic heterocycles. The summed E-state index contributed by atoms with van der Waals surface area (Å²) in [5.41, 5.74) is 1.47. The van der Waals surface area contributed by atoms with E-state index in [-0.39, 0.29) is 11.6 Å². The lowest BCUT2D eigenvalue weighted by atomic mass is 9.49. The second-order valence-corrected chi connectivity index (χ2v) is 10.1. The molecule has 0 aliphatic carbocycles. The molecule has 1 atom stereocenters. The minimum atomic E-state index is -1.93. The Morgan fingerprint density at radius 1 is 1.21 bits per heavy atom. The summed E-state index contributed by atoms with van der Waals surface area (Å²) < 4.78 is 5.69. The fraction of sp³-hybridized carbons (Fsp3) is 0.375. The largest absolute Gasteiger partial charge is 0.494 e. The van der Waals surface area contributed by atoms with E-state index in [0.29, 0.717) is 45.2 Å². The first-order chi connectivity index (χ1) is 18.2. The number of amides is 2. The van der Waals surface area contributed by atoms with E-state index in [9.17, 15) is 9.59 Å². The van der Waals surface area contributed by atoms with Crippen LogP contribution < -0.4 is 20.7 Å². The lowest BCUT2D eigenvalue weighted by Crippen LogP contribution is -2.50. The van der Waals surface area contributed by atoms with Gasteiger partial charge < -0.3 is 25.6 Å². The first-order valence-corrected chi connectivity index (χ1v) is 12.9. The number of carbonyl (C=O) groups is 2. The molecule has 10 nitrogen and oxygen atoms in total. The van der Waals surface area contributed by atoms with Gasteiger partial charge in [0.15, 0.2) is 11.4 Å². The molecular weight excluding hydrogens is 499 g/mol. The van der Waals surface area contributed by atoms with Crippen LogP contribution in [0.5, 0.6) is 5.75 Å². The average molecular weight is 525 g/mol. The van der Waals surface area contributed by atoms with Gasteiger partial charge in [0.2, 0.25) is 0 Å². The van der Waals surface area contributed by atoms with Gasteiger partial charge in [0.25, 0.3) is 11.8 Å². The van der Waals surface area contributed by atoms with E-state index >= 15 is 0 Å². The minimum absolute atomic E-state index is 0.0670. The zero-order valence-corrected chi connectivity index (χ0v) is 22.0. The highest BCUT2D eigenvalue weighted by molar-refractivity contribution is 7.17. The second kappa shape index (κ2) is 12.0. The maximum absolute atomic E-state index is 12.7. The molecule has 3 N–H and O–H groups in total. The summed E-state index contributed by atoms with van der Waals surface area (Å²) in [5.74, 6) is -0.401. The monoisotopic (exact) mass is 525 g/mol. The highest BCUT2D eigenvalue weighted by Crippen LogP contribution is 2.39. The molecule has 1 fully saturated rings. The molecule has 3 aromatic rings. The van der Waals surface area contributed by atoms with Gasteiger partial charge in [-0.15, -0.1) is 16.4 Å². The van der Waals surface area contributed by atoms with Crippen LogP contribution in [0.4, 0.5) is 11.4 Å². The molecule has 1 aliphatic rings. The number of ether oxygens (including phenoxy) is 1. The molecule has 1 aromatic carbocycles. The highest BCUT2D eigenvalue weighted by Gasteiger charge is 2.23. The molecule has 0 spiro atoms. The van der Waals surface area contributed by atoms with Crippen molar-refractivity contribution >= 4 is 58.1 Å². The Bertz CT molecular complexity index is 1300. The molecule has 2 aromatic heterocycles. The molecule has 4 rings (SSSR count). The molecule has 3 heterocycles. The van der Waals surface area contributed by atoms with Gasteiger partial charge in [-0.2, -0.15) is 5.10 Å². The van der Waals surface area contributed by atoms with Crippen molar-refractivity contribution in [1.29, 1.82) is 0 Å². The quantitative estimate of drug-likeness (QED) is 0.340. The molecular formula is C24H26B3N7O3S. The fourth-order valence-corrected chi connectivity index (χ4v) is 5.17. The zero-order valence-electron chi connectivity index (χ0n) is 21.2. The Morgan fingerprint density at radius 3 is 2.74 bits per heavy atom. The number of likely N-dealkylation sites (tertiary alicyclic amines) is 1. The fourth-order valence-electron chi connectivity index (χ4n) is 4.31. The third kappa shape index (κ3) is 6.73. The molecule has 0 bridgehead atoms. The van der Waals surface area contributed by atoms with Gasteiger partial charge >= 0.3 is 0 Å². The van der Waals surface area contributed by atoms with Crippen molar-refractivity contribution < 1.29 is 14.3 Å². The van der Waals surface area contributed by atoms with E-state index in [1.807, 2.05) is 6.07 Å². The zero-order chi connectivity index (χ0) is 27.3. The average Bonchev–Trinajstić information content (AvgIpc) is 3.52. The normalized spacial score (nSPS) is 15.7. The summed E-state index contributed by atoms with van der Waals surface area (Å²) in [6, 6.07) is 7.49. The lowest BCUT2D eigenvalue weighted by Gasteiger charge is -2.22. The van der Waals surface area contributed by atoms with Crippen LogP contribution in [0, 0.1) is 0 Å². The van der Waals surface area contributed by atoms with Crippen LogP contribution in [0.1, 0.15) is 39.4 Å². The molecule has 190 valence electrons. The third-order valence-corrected chi connectivity index (χ3v) is 7.18. The Labute approximate surface area is 229 Å². The van der Waals surface area contributed by atoms with Gasteiger partial charge in [-0.3, -0.25) is 9.59 Å². The van der Waals surface area contributed by atoms with Gasteiger partial charge in [0.05, 0.1) is 60.0 Å². The lowest BCUT2D eigenvalue weighted by molar-refractivity contribution is 0.0942. The third-order valence-electron chi connectivity index (χ3n) is 6.15. The predicted molar refractivity (Wildman–Crippen MR) is 149 cm³/mol. The number of thiazole rings is 1. The molecule has 14 heteroatoms. The van der Waals surface area contributed by atoms with E-state index < -0.39 is 11.1 Å². The number of anilines is 2. The maximum atomic E-state index is 12.7. The number of benzene rings is 1. The van der Waals surface area contributed by atoms with E-state index in [1.54, 1.807) is 24.4 Å². The van der Waals surface area contributed by atoms with E-state index in [4.69, 9.17) is 28.3 Å². The van der Waals surface area contributed by atoms with E-state index in [0.717, 1.165) is 19.4 Å². The van der Waals surface area contributed by atoms with Gasteiger partial charge in [0.1, 0.15) is 9.88 Å². The van der Waals surface area contributed by atoms with Gasteiger partial charge in [-0.05, 0) is 51.1 Å². The van der Waals surface area contributed by atoms with Crippen molar-refractivity contribution in [3.63, 3.8) is 0 Å². The van der Waals surface area contributed by atoms with Crippen LogP contribution in [0.2, 0.25) is 0 Å². The van der Waals surface area contributed by atoms with Crippen molar-refractivity contribution in [3.05, 3.63) is 47.2 Å². The first kappa shape index (κ1) is 27.7. The van der Waals surface area contributed by atoms with Crippen molar-refractivity contribution in [2.45, 2.75) is 30.5 Å². The van der Waals surface area contributed by atoms with Gasteiger partial charge in [0, 0.05) is 12.6 Å². The summed E-state index contributed by atoms with van der Waals surface area (Å²) in [6.07, 6.45) is 6.26. The molecule has 38 heavy (non-hydrogen) atoms. The number of para-hydroxylation sites is 1. The minimum Gasteiger partial charge on any atom is -0.494 e. The number of hydrogen-bond donors (Lipinski definition) is 3. The second-order valence-electron chi connectivity index (χ2n) is 9.04. The topological polar surface area (TPSA) is 121 Å². The van der Waals surface area contributed by atoms with Crippen LogP contribution in [0.15, 0.2) is 36.7 Å². The van der Waals surface area contributed by atoms with Gasteiger partial charge in [-0.1, -0.05) is 11.3 Å². The van der Waals surface area contributed by atoms with Crippen LogP contribution in [-0.2, 0) is 0 Å². The van der Waals surface area contributed by atoms with Crippen LogP contribution in [0.25, 0.3) is 10.6 Å². The summed E-state index contributed by atoms with van der Waals surface area (Å²) in [5, 5.41) is 14.7. The van der Waals surface area contributed by atoms with Crippen molar-refractivity contribution in [2.24, 2.45) is 0 Å². The maximum Gasteiger partial charge on any atom is 0.272 e. The molecule has 1 unspecified atom stereocenters. The SMILES string of the molecule is [B]C([B])([B])NC(=O)c1nnccc1Nc1cccc(-c2ncc(C(=O)NCCC3CCCN3C)s2)c1OC. The molecule has 1 saturated heterocycles. The molecule has 0 saturated carbocycles. The highest BCUT2D eigenvalue weighted by atomic mass is 32.1. The Morgan fingerprint density at radius 2 is 2.03 bits per heavy atom. The van der Waals surface area contributed by atoms with E-state index in [2.05, 4.69) is 43.1 Å². The summed E-state index contributed by atoms with van der Waals surface area (Å²) in [4.78, 5) is 32.6. The summed E-state index contributed by atoms with van der Waals surface area (Å²) >= 11 is 1.27. The number of nitrogens with zero attached hydrogens (tertiary/aromatic N) is 4. The van der Waals surface area contributed by atoms with Crippen molar-refractivity contribution in [3.8, 4) is 16.3 Å². The smallest absolute Gasteiger partial charge is 0.272 e. The van der Waals surface area contributed by atoms with Gasteiger partial charge in [-0.25, -0.2) is 4.98 Å². The van der Waals surface area contributed by atoms with Crippen LogP contribution >= 0.6 is 11.3 Å². The number of aromatic nitrogens is 3. The summed E-state index contributed by atoms with van der Waals surface area (Å²) in [7, 11) is 20.1. The number of methoxy groups -OCH3 is 1. The Hall–Kier alpha value is -3.38. The number of carbonyl (C=O) groups excluding carboxylic acids is 2. The molecule has 2 amide bonds. The number of rotatable bonds is 10. The van der Waals surface area contributed by atoms with Crippen LogP contribution in [0.3, 0.4) is 0 Å². The van der Waals surface area contributed by atoms with Crippen LogP contribution in [-0.4, -0.2) is 94.0 Å². The van der Waals surface area contributed by atoms with Crippen molar-refractivity contribution in [1.82, 2.24) is 30.7 Å². The summed E-state index contributed by atoms with van der Waals surface area (Å²) in [6.45, 7) is 1.72.